The first-order chi connectivity index (χ1) is 11.9. The van der Waals surface area contributed by atoms with E-state index in [1.54, 1.807) is 13.8 Å². The molecular formula is C18H22N2O4S. The van der Waals surface area contributed by atoms with Crippen LogP contribution in [-0.2, 0) is 10.0 Å². The first-order valence-corrected chi connectivity index (χ1v) is 9.41. The van der Waals surface area contributed by atoms with E-state index in [2.05, 4.69) is 10.0 Å². The second-order valence-electron chi connectivity index (χ2n) is 5.48. The predicted molar refractivity (Wildman–Crippen MR) is 96.2 cm³/mol. The van der Waals surface area contributed by atoms with Crippen LogP contribution in [0.4, 0.5) is 0 Å². The number of nitrogens with one attached hydrogen (secondary N) is 2. The molecule has 0 saturated carbocycles. The lowest BCUT2D eigenvalue weighted by molar-refractivity contribution is 0.0952. The van der Waals surface area contributed by atoms with E-state index in [1.807, 2.05) is 30.3 Å². The van der Waals surface area contributed by atoms with Crippen molar-refractivity contribution in [1.29, 1.82) is 0 Å². The highest BCUT2D eigenvalue weighted by Gasteiger charge is 2.21. The highest BCUT2D eigenvalue weighted by atomic mass is 32.2. The van der Waals surface area contributed by atoms with Crippen molar-refractivity contribution in [2.24, 2.45) is 0 Å². The van der Waals surface area contributed by atoms with Gasteiger partial charge in [-0.25, -0.2) is 13.1 Å². The number of hydrogen-bond donors (Lipinski definition) is 2. The molecule has 0 aliphatic heterocycles. The third-order valence-electron chi connectivity index (χ3n) is 3.69. The number of amides is 1. The number of carbonyl (C=O) groups excluding carboxylic acids is 1. The molecule has 0 aliphatic carbocycles. The van der Waals surface area contributed by atoms with E-state index in [9.17, 15) is 13.2 Å². The quantitative estimate of drug-likeness (QED) is 0.792. The molecule has 1 atom stereocenters. The molecule has 0 radical (unpaired) electrons. The van der Waals surface area contributed by atoms with Gasteiger partial charge in [-0.2, -0.15) is 0 Å². The summed E-state index contributed by atoms with van der Waals surface area (Å²) in [4.78, 5) is 12.2. The molecule has 2 N–H and O–H groups in total. The molecule has 0 aliphatic rings. The first kappa shape index (κ1) is 19.0. The molecule has 7 heteroatoms. The van der Waals surface area contributed by atoms with Crippen LogP contribution in [0.3, 0.4) is 0 Å². The van der Waals surface area contributed by atoms with Gasteiger partial charge in [-0.3, -0.25) is 4.79 Å². The van der Waals surface area contributed by atoms with Gasteiger partial charge in [0.25, 0.3) is 5.91 Å². The van der Waals surface area contributed by atoms with Crippen LogP contribution in [0.1, 0.15) is 35.8 Å². The van der Waals surface area contributed by atoms with E-state index < -0.39 is 16.1 Å². The molecule has 2 aromatic carbocycles. The Balaban J connectivity index is 2.33. The maximum absolute atomic E-state index is 12.7. The van der Waals surface area contributed by atoms with E-state index >= 15 is 0 Å². The Morgan fingerprint density at radius 1 is 1.16 bits per heavy atom. The largest absolute Gasteiger partial charge is 0.496 e. The van der Waals surface area contributed by atoms with Crippen molar-refractivity contribution in [3.05, 3.63) is 59.7 Å². The molecule has 1 amide bonds. The summed E-state index contributed by atoms with van der Waals surface area (Å²) in [6.07, 6.45) is 0. The molecule has 25 heavy (non-hydrogen) atoms. The number of ether oxygens (including phenoxy) is 1. The lowest BCUT2D eigenvalue weighted by Crippen LogP contribution is -2.28. The predicted octanol–water partition coefficient (Wildman–Crippen LogP) is 2.48. The molecule has 0 bridgehead atoms. The normalized spacial score (nSPS) is 12.4. The van der Waals surface area contributed by atoms with E-state index in [-0.39, 0.29) is 16.4 Å². The van der Waals surface area contributed by atoms with E-state index in [0.29, 0.717) is 12.3 Å². The number of carbonyl (C=O) groups is 1. The Hall–Kier alpha value is -2.38. The lowest BCUT2D eigenvalue weighted by atomic mass is 10.1. The van der Waals surface area contributed by atoms with Crippen molar-refractivity contribution in [3.8, 4) is 5.75 Å². The van der Waals surface area contributed by atoms with Gasteiger partial charge in [-0.1, -0.05) is 30.3 Å². The highest BCUT2D eigenvalue weighted by Crippen LogP contribution is 2.24. The summed E-state index contributed by atoms with van der Waals surface area (Å²) >= 11 is 0. The van der Waals surface area contributed by atoms with Gasteiger partial charge in [0.1, 0.15) is 5.75 Å². The van der Waals surface area contributed by atoms with Gasteiger partial charge >= 0.3 is 0 Å². The van der Waals surface area contributed by atoms with Crippen LogP contribution >= 0.6 is 0 Å². The second-order valence-corrected chi connectivity index (χ2v) is 7.19. The Bertz CT molecular complexity index is 835. The smallest absolute Gasteiger partial charge is 0.255 e. The Morgan fingerprint density at radius 2 is 1.84 bits per heavy atom. The third-order valence-corrected chi connectivity index (χ3v) is 5.23. The molecule has 0 heterocycles. The van der Waals surface area contributed by atoms with Gasteiger partial charge in [0.05, 0.1) is 17.6 Å². The molecule has 2 aromatic rings. The first-order valence-electron chi connectivity index (χ1n) is 7.92. The topological polar surface area (TPSA) is 84.5 Å². The minimum Gasteiger partial charge on any atom is -0.496 e. The monoisotopic (exact) mass is 362 g/mol. The maximum Gasteiger partial charge on any atom is 0.255 e. The molecular weight excluding hydrogens is 340 g/mol. The van der Waals surface area contributed by atoms with E-state index in [4.69, 9.17) is 4.74 Å². The van der Waals surface area contributed by atoms with Gasteiger partial charge in [0.2, 0.25) is 10.0 Å². The minimum atomic E-state index is -3.79. The Morgan fingerprint density at radius 3 is 2.44 bits per heavy atom. The summed E-state index contributed by atoms with van der Waals surface area (Å²) in [6.45, 7) is 3.98. The molecule has 0 saturated heterocycles. The molecule has 134 valence electrons. The zero-order valence-corrected chi connectivity index (χ0v) is 15.3. The van der Waals surface area contributed by atoms with Crippen LogP contribution in [0.25, 0.3) is 0 Å². The van der Waals surface area contributed by atoms with Gasteiger partial charge in [0.15, 0.2) is 0 Å². The summed E-state index contributed by atoms with van der Waals surface area (Å²) in [5, 5.41) is 2.65. The van der Waals surface area contributed by atoms with E-state index in [1.165, 1.54) is 25.3 Å². The van der Waals surface area contributed by atoms with Crippen molar-refractivity contribution in [2.75, 3.05) is 13.7 Å². The van der Waals surface area contributed by atoms with Gasteiger partial charge < -0.3 is 10.1 Å². The van der Waals surface area contributed by atoms with Gasteiger partial charge in [-0.15, -0.1) is 0 Å². The Kier molecular flexibility index (Phi) is 6.17. The minimum absolute atomic E-state index is 0.0114. The molecule has 6 nitrogen and oxygen atoms in total. The van der Waals surface area contributed by atoms with Crippen LogP contribution in [-0.4, -0.2) is 28.0 Å². The highest BCUT2D eigenvalue weighted by molar-refractivity contribution is 7.89. The van der Waals surface area contributed by atoms with E-state index in [0.717, 1.165) is 5.56 Å². The average molecular weight is 362 g/mol. The van der Waals surface area contributed by atoms with Crippen LogP contribution in [0, 0.1) is 0 Å². The van der Waals surface area contributed by atoms with Crippen molar-refractivity contribution in [2.45, 2.75) is 24.8 Å². The van der Waals surface area contributed by atoms with Gasteiger partial charge in [0, 0.05) is 12.6 Å². The molecule has 0 unspecified atom stereocenters. The summed E-state index contributed by atoms with van der Waals surface area (Å²) in [5.74, 6) is -0.0616. The third kappa shape index (κ3) is 4.58. The number of sulfonamides is 1. The zero-order chi connectivity index (χ0) is 18.4. The molecule has 0 aromatic heterocycles. The van der Waals surface area contributed by atoms with Crippen LogP contribution < -0.4 is 14.8 Å². The van der Waals surface area contributed by atoms with Crippen molar-refractivity contribution < 1.29 is 17.9 Å². The summed E-state index contributed by atoms with van der Waals surface area (Å²) in [7, 11) is -2.36. The number of methoxy groups -OCH3 is 1. The fourth-order valence-electron chi connectivity index (χ4n) is 2.40. The van der Waals surface area contributed by atoms with Crippen molar-refractivity contribution in [3.63, 3.8) is 0 Å². The lowest BCUT2D eigenvalue weighted by Gasteiger charge is -2.16. The molecule has 0 spiro atoms. The fraction of sp³-hybridized carbons (Fsp3) is 0.278. The number of benzene rings is 2. The Labute approximate surface area is 148 Å². The van der Waals surface area contributed by atoms with Crippen LogP contribution in [0.15, 0.2) is 53.4 Å². The SMILES string of the molecule is CCNC(=O)c1cc(S(=O)(=O)N[C@@H](C)c2ccccc2)ccc1OC. The second kappa shape index (κ2) is 8.13. The van der Waals surface area contributed by atoms with Crippen molar-refractivity contribution in [1.82, 2.24) is 10.0 Å². The summed E-state index contributed by atoms with van der Waals surface area (Å²) in [6, 6.07) is 13.1. The standard InChI is InChI=1S/C18H22N2O4S/c1-4-19-18(21)16-12-15(10-11-17(16)24-3)25(22,23)20-13(2)14-8-6-5-7-9-14/h5-13,20H,4H2,1-3H3,(H,19,21)/t13-/m0/s1. The summed E-state index contributed by atoms with van der Waals surface area (Å²) in [5.41, 5.74) is 1.03. The average Bonchev–Trinajstić information content (AvgIpc) is 2.61. The number of rotatable bonds is 7. The fourth-order valence-corrected chi connectivity index (χ4v) is 3.66. The van der Waals surface area contributed by atoms with Crippen molar-refractivity contribution >= 4 is 15.9 Å². The zero-order valence-electron chi connectivity index (χ0n) is 14.4. The molecule has 0 fully saturated rings. The van der Waals surface area contributed by atoms with Gasteiger partial charge in [-0.05, 0) is 37.6 Å². The molecule has 2 rings (SSSR count). The van der Waals surface area contributed by atoms with Crippen LogP contribution in [0.2, 0.25) is 0 Å². The summed E-state index contributed by atoms with van der Waals surface area (Å²) < 4.78 is 33.1. The van der Waals surface area contributed by atoms with Crippen LogP contribution in [0.5, 0.6) is 5.75 Å². The maximum atomic E-state index is 12.7. The number of hydrogen-bond acceptors (Lipinski definition) is 4.